The smallest absolute Gasteiger partial charge is 0.175 e. The Balaban J connectivity index is 1.80. The molecule has 1 aliphatic heterocycles. The fraction of sp³-hybridized carbons (Fsp3) is 0.533. The highest BCUT2D eigenvalue weighted by Crippen LogP contribution is 2.22. The Morgan fingerprint density at radius 2 is 2.22 bits per heavy atom. The summed E-state index contributed by atoms with van der Waals surface area (Å²) < 4.78 is 0. The van der Waals surface area contributed by atoms with Gasteiger partial charge in [-0.1, -0.05) is 30.3 Å². The first kappa shape index (κ1) is 13.6. The maximum atomic E-state index is 12.2. The molecule has 98 valence electrons. The molecule has 1 aromatic rings. The van der Waals surface area contributed by atoms with Crippen LogP contribution in [0.5, 0.6) is 0 Å². The molecule has 1 aromatic carbocycles. The molecule has 3 heteroatoms. The standard InChI is InChI=1S/C15H21NOS/c1-12(15(17)14-7-3-2-4-8-14)18-11-13-6-5-9-16-10-13/h2-4,7-8,12-13,16H,5-6,9-11H2,1H3. The summed E-state index contributed by atoms with van der Waals surface area (Å²) in [7, 11) is 0. The van der Waals surface area contributed by atoms with Gasteiger partial charge in [0.25, 0.3) is 0 Å². The molecule has 1 aliphatic rings. The van der Waals surface area contributed by atoms with Gasteiger partial charge >= 0.3 is 0 Å². The number of carbonyl (C=O) groups is 1. The van der Waals surface area contributed by atoms with E-state index in [1.54, 1.807) is 11.8 Å². The summed E-state index contributed by atoms with van der Waals surface area (Å²) >= 11 is 1.80. The highest BCUT2D eigenvalue weighted by Gasteiger charge is 2.19. The van der Waals surface area contributed by atoms with Crippen LogP contribution < -0.4 is 5.32 Å². The summed E-state index contributed by atoms with van der Waals surface area (Å²) in [4.78, 5) is 12.2. The molecule has 2 nitrogen and oxygen atoms in total. The molecule has 18 heavy (non-hydrogen) atoms. The minimum Gasteiger partial charge on any atom is -0.316 e. The minimum absolute atomic E-state index is 0.0642. The number of thioether (sulfide) groups is 1. The largest absolute Gasteiger partial charge is 0.316 e. The Kier molecular flexibility index (Phi) is 5.26. The Hall–Kier alpha value is -0.800. The van der Waals surface area contributed by atoms with Crippen LogP contribution in [0.3, 0.4) is 0 Å². The molecule has 1 N–H and O–H groups in total. The lowest BCUT2D eigenvalue weighted by molar-refractivity contribution is 0.0994. The molecule has 0 radical (unpaired) electrons. The van der Waals surface area contributed by atoms with E-state index in [0.29, 0.717) is 0 Å². The van der Waals surface area contributed by atoms with Gasteiger partial charge in [-0.3, -0.25) is 4.79 Å². The summed E-state index contributed by atoms with van der Waals surface area (Å²) in [5, 5.41) is 3.49. The van der Waals surface area contributed by atoms with E-state index in [0.717, 1.165) is 30.3 Å². The first-order chi connectivity index (χ1) is 8.77. The molecule has 0 aliphatic carbocycles. The molecule has 2 atom stereocenters. The van der Waals surface area contributed by atoms with Crippen LogP contribution in [0.1, 0.15) is 30.1 Å². The van der Waals surface area contributed by atoms with Gasteiger partial charge in [-0.25, -0.2) is 0 Å². The van der Waals surface area contributed by atoms with Crippen molar-refractivity contribution in [3.8, 4) is 0 Å². The van der Waals surface area contributed by atoms with E-state index < -0.39 is 0 Å². The van der Waals surface area contributed by atoms with Crippen molar-refractivity contribution in [1.82, 2.24) is 5.32 Å². The minimum atomic E-state index is 0.0642. The van der Waals surface area contributed by atoms with Crippen LogP contribution in [0.15, 0.2) is 30.3 Å². The molecular weight excluding hydrogens is 242 g/mol. The van der Waals surface area contributed by atoms with Crippen molar-refractivity contribution in [2.75, 3.05) is 18.8 Å². The van der Waals surface area contributed by atoms with Crippen LogP contribution in [-0.2, 0) is 0 Å². The quantitative estimate of drug-likeness (QED) is 0.828. The fourth-order valence-corrected chi connectivity index (χ4v) is 3.39. The van der Waals surface area contributed by atoms with Crippen LogP contribution >= 0.6 is 11.8 Å². The van der Waals surface area contributed by atoms with Crippen LogP contribution in [0.2, 0.25) is 0 Å². The van der Waals surface area contributed by atoms with Crippen LogP contribution in [0, 0.1) is 5.92 Å². The van der Waals surface area contributed by atoms with Gasteiger partial charge in [-0.05, 0) is 44.5 Å². The summed E-state index contributed by atoms with van der Waals surface area (Å²) in [5.74, 6) is 2.08. The highest BCUT2D eigenvalue weighted by molar-refractivity contribution is 8.00. The molecule has 0 amide bonds. The van der Waals surface area contributed by atoms with Gasteiger partial charge in [0.1, 0.15) is 0 Å². The van der Waals surface area contributed by atoms with E-state index in [4.69, 9.17) is 0 Å². The number of piperidine rings is 1. The summed E-state index contributed by atoms with van der Waals surface area (Å²) in [6.45, 7) is 4.29. The van der Waals surface area contributed by atoms with Gasteiger partial charge in [0.15, 0.2) is 5.78 Å². The summed E-state index contributed by atoms with van der Waals surface area (Å²) in [6, 6.07) is 9.61. The SMILES string of the molecule is CC(SCC1CCCNC1)C(=O)c1ccccc1. The Morgan fingerprint density at radius 1 is 1.44 bits per heavy atom. The average molecular weight is 263 g/mol. The first-order valence-corrected chi connectivity index (χ1v) is 7.74. The zero-order chi connectivity index (χ0) is 12.8. The number of hydrogen-bond acceptors (Lipinski definition) is 3. The van der Waals surface area contributed by atoms with Gasteiger partial charge < -0.3 is 5.32 Å². The lowest BCUT2D eigenvalue weighted by Gasteiger charge is -2.23. The van der Waals surface area contributed by atoms with E-state index in [2.05, 4.69) is 5.32 Å². The number of hydrogen-bond donors (Lipinski definition) is 1. The van der Waals surface area contributed by atoms with Crippen molar-refractivity contribution < 1.29 is 4.79 Å². The molecule has 2 unspecified atom stereocenters. The summed E-state index contributed by atoms with van der Waals surface area (Å²) in [5.41, 5.74) is 0.833. The predicted molar refractivity (Wildman–Crippen MR) is 78.3 cm³/mol. The van der Waals surface area contributed by atoms with Crippen molar-refractivity contribution in [3.05, 3.63) is 35.9 Å². The molecule has 1 saturated heterocycles. The maximum absolute atomic E-state index is 12.2. The molecule has 0 saturated carbocycles. The van der Waals surface area contributed by atoms with Crippen molar-refractivity contribution in [2.45, 2.75) is 25.0 Å². The molecule has 0 bridgehead atoms. The van der Waals surface area contributed by atoms with Gasteiger partial charge in [0.2, 0.25) is 0 Å². The second-order valence-electron chi connectivity index (χ2n) is 4.92. The topological polar surface area (TPSA) is 29.1 Å². The zero-order valence-electron chi connectivity index (χ0n) is 10.9. The Morgan fingerprint density at radius 3 is 2.89 bits per heavy atom. The number of nitrogens with one attached hydrogen (secondary N) is 1. The van der Waals surface area contributed by atoms with Gasteiger partial charge in [-0.2, -0.15) is 11.8 Å². The lowest BCUT2D eigenvalue weighted by Crippen LogP contribution is -2.31. The molecular formula is C15H21NOS. The van der Waals surface area contributed by atoms with E-state index in [9.17, 15) is 4.79 Å². The van der Waals surface area contributed by atoms with E-state index in [1.807, 2.05) is 37.3 Å². The normalized spacial score (nSPS) is 21.5. The van der Waals surface area contributed by atoms with E-state index in [-0.39, 0.29) is 11.0 Å². The van der Waals surface area contributed by atoms with Crippen LogP contribution in [-0.4, -0.2) is 29.9 Å². The second kappa shape index (κ2) is 6.95. The fourth-order valence-electron chi connectivity index (χ4n) is 2.26. The lowest BCUT2D eigenvalue weighted by atomic mass is 10.0. The van der Waals surface area contributed by atoms with Crippen molar-refractivity contribution >= 4 is 17.5 Å². The number of rotatable bonds is 5. The number of Topliss-reactive ketones (excluding diaryl/α,β-unsaturated/α-hetero) is 1. The zero-order valence-corrected chi connectivity index (χ0v) is 11.7. The third-order valence-corrected chi connectivity index (χ3v) is 4.79. The van der Waals surface area contributed by atoms with Gasteiger partial charge in [0.05, 0.1) is 5.25 Å². The summed E-state index contributed by atoms with van der Waals surface area (Å²) in [6.07, 6.45) is 2.57. The third-order valence-electron chi connectivity index (χ3n) is 3.41. The molecule has 0 aromatic heterocycles. The third kappa shape index (κ3) is 3.85. The van der Waals surface area contributed by atoms with Crippen molar-refractivity contribution in [3.63, 3.8) is 0 Å². The predicted octanol–water partition coefficient (Wildman–Crippen LogP) is 2.99. The Bertz CT molecular complexity index is 373. The van der Waals surface area contributed by atoms with Crippen LogP contribution in [0.4, 0.5) is 0 Å². The van der Waals surface area contributed by atoms with E-state index in [1.165, 1.54) is 12.8 Å². The molecule has 1 heterocycles. The molecule has 0 spiro atoms. The van der Waals surface area contributed by atoms with Crippen molar-refractivity contribution in [1.29, 1.82) is 0 Å². The average Bonchev–Trinajstić information content (AvgIpc) is 2.46. The number of benzene rings is 1. The van der Waals surface area contributed by atoms with Crippen molar-refractivity contribution in [2.24, 2.45) is 5.92 Å². The Labute approximate surface area is 114 Å². The first-order valence-electron chi connectivity index (χ1n) is 6.69. The van der Waals surface area contributed by atoms with Gasteiger partial charge in [0, 0.05) is 5.56 Å². The number of ketones is 1. The second-order valence-corrected chi connectivity index (χ2v) is 6.29. The van der Waals surface area contributed by atoms with Gasteiger partial charge in [-0.15, -0.1) is 0 Å². The monoisotopic (exact) mass is 263 g/mol. The number of carbonyl (C=O) groups excluding carboxylic acids is 1. The highest BCUT2D eigenvalue weighted by atomic mass is 32.2. The molecule has 1 fully saturated rings. The maximum Gasteiger partial charge on any atom is 0.175 e. The molecule has 2 rings (SSSR count). The van der Waals surface area contributed by atoms with Crippen LogP contribution in [0.25, 0.3) is 0 Å². The van der Waals surface area contributed by atoms with E-state index >= 15 is 0 Å².